The Bertz CT molecular complexity index is 524. The number of benzene rings is 1. The molecule has 0 atom stereocenters. The molecule has 100 valence electrons. The highest BCUT2D eigenvalue weighted by molar-refractivity contribution is 8.93. The van der Waals surface area contributed by atoms with Crippen LogP contribution in [0.2, 0.25) is 0 Å². The van der Waals surface area contributed by atoms with Crippen molar-refractivity contribution in [3.05, 3.63) is 29.8 Å². The molecular weight excluding hydrogens is 340 g/mol. The second kappa shape index (κ2) is 7.03. The van der Waals surface area contributed by atoms with E-state index in [1.807, 2.05) is 6.92 Å². The fourth-order valence-electron chi connectivity index (χ4n) is 0.710. The van der Waals surface area contributed by atoms with E-state index in [0.29, 0.717) is 0 Å². The summed E-state index contributed by atoms with van der Waals surface area (Å²) >= 11 is 0. The van der Waals surface area contributed by atoms with E-state index < -0.39 is 20.5 Å². The lowest BCUT2D eigenvalue weighted by Gasteiger charge is -1.95. The third-order valence-corrected chi connectivity index (χ3v) is 2.19. The second-order valence-corrected chi connectivity index (χ2v) is 5.05. The minimum Gasteiger partial charge on any atom is -0.282 e. The van der Waals surface area contributed by atoms with Crippen LogP contribution in [0.5, 0.6) is 0 Å². The van der Waals surface area contributed by atoms with Crippen molar-refractivity contribution in [1.29, 1.82) is 0 Å². The van der Waals surface area contributed by atoms with Gasteiger partial charge in [0.2, 0.25) is 0 Å². The summed E-state index contributed by atoms with van der Waals surface area (Å²) in [5, 5.41) is 0. The van der Waals surface area contributed by atoms with Crippen LogP contribution in [0.1, 0.15) is 5.56 Å². The van der Waals surface area contributed by atoms with E-state index in [1.54, 1.807) is 12.1 Å². The van der Waals surface area contributed by atoms with Gasteiger partial charge < -0.3 is 0 Å². The van der Waals surface area contributed by atoms with Gasteiger partial charge in [0, 0.05) is 0 Å². The molecule has 0 radical (unpaired) electrons. The van der Waals surface area contributed by atoms with Crippen LogP contribution in [-0.2, 0) is 20.5 Å². The summed E-state index contributed by atoms with van der Waals surface area (Å²) in [4.78, 5) is -0.0666. The van der Waals surface area contributed by atoms with Crippen molar-refractivity contribution in [2.45, 2.75) is 11.8 Å². The van der Waals surface area contributed by atoms with E-state index in [1.165, 1.54) is 12.1 Å². The van der Waals surface area contributed by atoms with Crippen LogP contribution in [0.15, 0.2) is 29.2 Å². The molecule has 0 aliphatic carbocycles. The molecule has 1 aromatic carbocycles. The van der Waals surface area contributed by atoms with Gasteiger partial charge >= 0.3 is 10.4 Å². The Morgan fingerprint density at radius 1 is 0.882 bits per heavy atom. The lowest BCUT2D eigenvalue weighted by molar-refractivity contribution is 0.381. The Morgan fingerprint density at radius 2 is 1.18 bits per heavy atom. The maximum Gasteiger partial charge on any atom is 0.394 e. The summed E-state index contributed by atoms with van der Waals surface area (Å²) in [6, 6.07) is 5.99. The summed E-state index contributed by atoms with van der Waals surface area (Å²) in [5.41, 5.74) is 0.956. The summed E-state index contributed by atoms with van der Waals surface area (Å²) in [7, 11) is -8.69. The zero-order chi connectivity index (χ0) is 13.0. The lowest BCUT2D eigenvalue weighted by Crippen LogP contribution is -1.96. The fourth-order valence-corrected chi connectivity index (χ4v) is 1.19. The zero-order valence-electron chi connectivity index (χ0n) is 8.51. The summed E-state index contributed by atoms with van der Waals surface area (Å²) in [6.07, 6.45) is 0. The fraction of sp³-hybridized carbons (Fsp3) is 0.143. The van der Waals surface area contributed by atoms with E-state index in [9.17, 15) is 8.42 Å². The van der Waals surface area contributed by atoms with Gasteiger partial charge in [-0.15, -0.1) is 17.0 Å². The normalized spacial score (nSPS) is 10.8. The summed E-state index contributed by atoms with van der Waals surface area (Å²) in [5.74, 6) is 0. The van der Waals surface area contributed by atoms with Crippen LogP contribution in [0.3, 0.4) is 0 Å². The molecule has 0 aromatic heterocycles. The van der Waals surface area contributed by atoms with Gasteiger partial charge in [-0.3, -0.25) is 13.7 Å². The third-order valence-electron chi connectivity index (χ3n) is 1.32. The van der Waals surface area contributed by atoms with Gasteiger partial charge in [0.25, 0.3) is 10.1 Å². The minimum atomic E-state index is -4.67. The summed E-state index contributed by atoms with van der Waals surface area (Å²) in [6.45, 7) is 1.84. The lowest BCUT2D eigenvalue weighted by atomic mass is 10.2. The molecule has 3 N–H and O–H groups in total. The van der Waals surface area contributed by atoms with E-state index in [4.69, 9.17) is 22.1 Å². The molecule has 0 aliphatic heterocycles. The molecule has 0 spiro atoms. The molecule has 0 amide bonds. The van der Waals surface area contributed by atoms with Gasteiger partial charge in [-0.2, -0.15) is 16.8 Å². The van der Waals surface area contributed by atoms with Crippen molar-refractivity contribution in [3.63, 3.8) is 0 Å². The molecular formula is C7H11BrO7S2. The van der Waals surface area contributed by atoms with Crippen molar-refractivity contribution < 1.29 is 30.5 Å². The molecule has 17 heavy (non-hydrogen) atoms. The van der Waals surface area contributed by atoms with Crippen molar-refractivity contribution in [3.8, 4) is 0 Å². The number of hydrogen-bond acceptors (Lipinski definition) is 4. The highest BCUT2D eigenvalue weighted by Gasteiger charge is 2.06. The first-order valence-corrected chi connectivity index (χ1v) is 6.58. The number of aryl methyl sites for hydroxylation is 1. The number of hydrogen-bond donors (Lipinski definition) is 3. The van der Waals surface area contributed by atoms with Crippen molar-refractivity contribution in [1.82, 2.24) is 0 Å². The van der Waals surface area contributed by atoms with Crippen molar-refractivity contribution in [2.75, 3.05) is 0 Å². The first-order chi connectivity index (χ1) is 7.00. The predicted molar refractivity (Wildman–Crippen MR) is 65.5 cm³/mol. The summed E-state index contributed by atoms with van der Waals surface area (Å²) < 4.78 is 61.1. The molecule has 0 heterocycles. The van der Waals surface area contributed by atoms with E-state index in [0.717, 1.165) is 5.56 Å². The molecule has 0 aliphatic rings. The van der Waals surface area contributed by atoms with E-state index >= 15 is 0 Å². The molecule has 0 saturated carbocycles. The number of rotatable bonds is 1. The highest BCUT2D eigenvalue weighted by atomic mass is 79.9. The smallest absolute Gasteiger partial charge is 0.282 e. The van der Waals surface area contributed by atoms with Crippen LogP contribution < -0.4 is 0 Å². The zero-order valence-corrected chi connectivity index (χ0v) is 11.9. The van der Waals surface area contributed by atoms with E-state index in [2.05, 4.69) is 0 Å². The van der Waals surface area contributed by atoms with Crippen molar-refractivity contribution >= 4 is 37.5 Å². The molecule has 7 nitrogen and oxygen atoms in total. The Balaban J connectivity index is 0. The Morgan fingerprint density at radius 3 is 1.41 bits per heavy atom. The molecule has 0 saturated heterocycles. The second-order valence-electron chi connectivity index (χ2n) is 2.74. The first kappa shape index (κ1) is 18.8. The average Bonchev–Trinajstić information content (AvgIpc) is 1.99. The Kier molecular flexibility index (Phi) is 7.79. The molecule has 1 rings (SSSR count). The van der Waals surface area contributed by atoms with Gasteiger partial charge in [-0.1, -0.05) is 17.7 Å². The minimum absolute atomic E-state index is 0. The maximum absolute atomic E-state index is 10.5. The Hall–Kier alpha value is -0.520. The van der Waals surface area contributed by atoms with Crippen LogP contribution in [0.25, 0.3) is 0 Å². The molecule has 0 bridgehead atoms. The highest BCUT2D eigenvalue weighted by Crippen LogP contribution is 2.08. The maximum atomic E-state index is 10.5. The molecule has 0 fully saturated rings. The van der Waals surface area contributed by atoms with Crippen molar-refractivity contribution in [2.24, 2.45) is 0 Å². The topological polar surface area (TPSA) is 129 Å². The largest absolute Gasteiger partial charge is 0.394 e. The molecule has 10 heteroatoms. The molecule has 0 unspecified atom stereocenters. The van der Waals surface area contributed by atoms with Gasteiger partial charge in [-0.05, 0) is 19.1 Å². The first-order valence-electron chi connectivity index (χ1n) is 3.74. The van der Waals surface area contributed by atoms with Crippen LogP contribution in [0.4, 0.5) is 0 Å². The quantitative estimate of drug-likeness (QED) is 0.648. The standard InChI is InChI=1S/C7H8O3S.BrH.H2O4S/c1-6-2-4-7(5-3-6)11(8,9)10;;1-5(2,3)4/h2-5H,1H3,(H,8,9,10);1H;(H2,1,2,3,4). The number of halogens is 1. The third kappa shape index (κ3) is 11.7. The van der Waals surface area contributed by atoms with Gasteiger partial charge in [-0.25, -0.2) is 0 Å². The van der Waals surface area contributed by atoms with Crippen LogP contribution >= 0.6 is 17.0 Å². The van der Waals surface area contributed by atoms with Gasteiger partial charge in [0.05, 0.1) is 4.90 Å². The van der Waals surface area contributed by atoms with E-state index in [-0.39, 0.29) is 21.9 Å². The Labute approximate surface area is 110 Å². The SMILES string of the molecule is Br.Cc1ccc(S(=O)(=O)O)cc1.O=S(=O)(O)O. The average molecular weight is 351 g/mol. The predicted octanol–water partition coefficient (Wildman–Crippen LogP) is 1.17. The monoisotopic (exact) mass is 350 g/mol. The van der Waals surface area contributed by atoms with Gasteiger partial charge in [0.15, 0.2) is 0 Å². The van der Waals surface area contributed by atoms with Gasteiger partial charge in [0.1, 0.15) is 0 Å². The van der Waals surface area contributed by atoms with Crippen LogP contribution in [-0.4, -0.2) is 30.5 Å². The molecule has 1 aromatic rings. The van der Waals surface area contributed by atoms with Crippen LogP contribution in [0, 0.1) is 6.92 Å².